The molecule has 130 valence electrons. The van der Waals surface area contributed by atoms with Crippen molar-refractivity contribution in [2.24, 2.45) is 0 Å². The Morgan fingerprint density at radius 1 is 0.519 bits per heavy atom. The van der Waals surface area contributed by atoms with Crippen molar-refractivity contribution in [3.8, 4) is 33.4 Å². The van der Waals surface area contributed by atoms with Crippen LogP contribution >= 0.6 is 0 Å². The molecule has 1 N–H and O–H groups in total. The van der Waals surface area contributed by atoms with E-state index in [0.717, 1.165) is 33.4 Å². The van der Waals surface area contributed by atoms with Crippen LogP contribution in [0.1, 0.15) is 10.4 Å². The zero-order valence-electron chi connectivity index (χ0n) is 14.7. The summed E-state index contributed by atoms with van der Waals surface area (Å²) in [5.74, 6) is -0.925. The second kappa shape index (κ2) is 7.30. The van der Waals surface area contributed by atoms with E-state index in [2.05, 4.69) is 12.1 Å². The summed E-state index contributed by atoms with van der Waals surface area (Å²) in [5.41, 5.74) is 5.96. The van der Waals surface area contributed by atoms with Crippen molar-refractivity contribution in [1.82, 2.24) is 0 Å². The fourth-order valence-corrected chi connectivity index (χ4v) is 3.45. The summed E-state index contributed by atoms with van der Waals surface area (Å²) < 4.78 is 0. The van der Waals surface area contributed by atoms with E-state index in [1.165, 1.54) is 0 Å². The van der Waals surface area contributed by atoms with Crippen molar-refractivity contribution in [3.05, 3.63) is 109 Å². The molecular formula is C25H18O2. The molecule has 0 radical (unpaired) electrons. The van der Waals surface area contributed by atoms with Crippen molar-refractivity contribution in [2.45, 2.75) is 0 Å². The Morgan fingerprint density at radius 2 is 0.963 bits per heavy atom. The molecule has 4 aromatic carbocycles. The van der Waals surface area contributed by atoms with Gasteiger partial charge in [0, 0.05) is 5.56 Å². The molecule has 0 unspecified atom stereocenters. The highest BCUT2D eigenvalue weighted by Gasteiger charge is 2.20. The Kier molecular flexibility index (Phi) is 4.54. The summed E-state index contributed by atoms with van der Waals surface area (Å²) in [4.78, 5) is 12.0. The van der Waals surface area contributed by atoms with Gasteiger partial charge in [-0.05, 0) is 33.9 Å². The van der Waals surface area contributed by atoms with Crippen molar-refractivity contribution < 1.29 is 9.90 Å². The Bertz CT molecular complexity index is 1070. The summed E-state index contributed by atoms with van der Waals surface area (Å²) >= 11 is 0. The van der Waals surface area contributed by atoms with Crippen molar-refractivity contribution in [3.63, 3.8) is 0 Å². The molecule has 4 aromatic rings. The maximum Gasteiger partial charge on any atom is 0.336 e. The maximum absolute atomic E-state index is 12.0. The Balaban J connectivity index is 2.13. The number of carbonyl (C=O) groups is 1. The zero-order chi connectivity index (χ0) is 18.6. The summed E-state index contributed by atoms with van der Waals surface area (Å²) in [6, 6.07) is 33.4. The molecule has 0 fully saturated rings. The number of carboxylic acids is 1. The Labute approximate surface area is 158 Å². The minimum atomic E-state index is -0.925. The van der Waals surface area contributed by atoms with E-state index in [1.807, 2.05) is 84.9 Å². The van der Waals surface area contributed by atoms with Crippen LogP contribution in [-0.2, 0) is 0 Å². The van der Waals surface area contributed by atoms with Gasteiger partial charge in [-0.2, -0.15) is 0 Å². The number of benzene rings is 4. The summed E-state index contributed by atoms with van der Waals surface area (Å²) in [5, 5.41) is 9.86. The van der Waals surface area contributed by atoms with Gasteiger partial charge in [0.2, 0.25) is 0 Å². The van der Waals surface area contributed by atoms with Crippen molar-refractivity contribution >= 4 is 5.97 Å². The predicted octanol–water partition coefficient (Wildman–Crippen LogP) is 6.39. The third-order valence-electron chi connectivity index (χ3n) is 4.65. The monoisotopic (exact) mass is 350 g/mol. The van der Waals surface area contributed by atoms with Gasteiger partial charge in [0.25, 0.3) is 0 Å². The molecule has 2 heteroatoms. The van der Waals surface area contributed by atoms with Crippen LogP contribution in [0, 0.1) is 0 Å². The van der Waals surface area contributed by atoms with E-state index in [4.69, 9.17) is 0 Å². The first-order valence-corrected chi connectivity index (χ1v) is 8.82. The van der Waals surface area contributed by atoms with E-state index in [1.54, 1.807) is 6.07 Å². The lowest BCUT2D eigenvalue weighted by Gasteiger charge is -2.18. The van der Waals surface area contributed by atoms with E-state index in [-0.39, 0.29) is 0 Å². The highest BCUT2D eigenvalue weighted by Crippen LogP contribution is 2.42. The largest absolute Gasteiger partial charge is 0.478 e. The molecule has 0 spiro atoms. The lowest BCUT2D eigenvalue weighted by atomic mass is 9.85. The van der Waals surface area contributed by atoms with Crippen molar-refractivity contribution in [2.75, 3.05) is 0 Å². The number of rotatable bonds is 4. The molecule has 0 aliphatic heterocycles. The molecule has 4 rings (SSSR count). The highest BCUT2D eigenvalue weighted by atomic mass is 16.4. The lowest BCUT2D eigenvalue weighted by molar-refractivity contribution is 0.0698. The molecule has 0 bridgehead atoms. The van der Waals surface area contributed by atoms with Crippen LogP contribution in [-0.4, -0.2) is 11.1 Å². The molecular weight excluding hydrogens is 332 g/mol. The molecule has 2 nitrogen and oxygen atoms in total. The van der Waals surface area contributed by atoms with Crippen LogP contribution in [0.5, 0.6) is 0 Å². The highest BCUT2D eigenvalue weighted by molar-refractivity contribution is 6.05. The fraction of sp³-hybridized carbons (Fsp3) is 0. The van der Waals surface area contributed by atoms with Crippen LogP contribution in [0.4, 0.5) is 0 Å². The number of hydrogen-bond donors (Lipinski definition) is 1. The summed E-state index contributed by atoms with van der Waals surface area (Å²) in [6.07, 6.45) is 0. The van der Waals surface area contributed by atoms with Crippen LogP contribution in [0.25, 0.3) is 33.4 Å². The van der Waals surface area contributed by atoms with Gasteiger partial charge in [0.1, 0.15) is 0 Å². The van der Waals surface area contributed by atoms with Crippen LogP contribution < -0.4 is 0 Å². The van der Waals surface area contributed by atoms with Gasteiger partial charge in [-0.1, -0.05) is 97.1 Å². The number of carboxylic acid groups (broad SMARTS) is 1. The quantitative estimate of drug-likeness (QED) is 0.463. The minimum Gasteiger partial charge on any atom is -0.478 e. The third-order valence-corrected chi connectivity index (χ3v) is 4.65. The van der Waals surface area contributed by atoms with Crippen LogP contribution in [0.3, 0.4) is 0 Å². The first-order chi connectivity index (χ1) is 13.3. The SMILES string of the molecule is O=C(O)c1ccc(-c2ccccc2)c(-c2ccccc2)c1-c1ccccc1. The third kappa shape index (κ3) is 3.25. The molecule has 0 atom stereocenters. The average molecular weight is 350 g/mol. The smallest absolute Gasteiger partial charge is 0.336 e. The molecule has 0 saturated carbocycles. The van der Waals surface area contributed by atoms with Crippen LogP contribution in [0.15, 0.2) is 103 Å². The normalized spacial score (nSPS) is 10.5. The Hall–Kier alpha value is -3.65. The molecule has 0 saturated heterocycles. The average Bonchev–Trinajstić information content (AvgIpc) is 2.74. The maximum atomic E-state index is 12.0. The van der Waals surface area contributed by atoms with E-state index in [0.29, 0.717) is 5.56 Å². The van der Waals surface area contributed by atoms with Gasteiger partial charge >= 0.3 is 5.97 Å². The minimum absolute atomic E-state index is 0.305. The van der Waals surface area contributed by atoms with Gasteiger partial charge < -0.3 is 5.11 Å². The van der Waals surface area contributed by atoms with E-state index >= 15 is 0 Å². The second-order valence-electron chi connectivity index (χ2n) is 6.31. The van der Waals surface area contributed by atoms with Gasteiger partial charge in [0.15, 0.2) is 0 Å². The summed E-state index contributed by atoms with van der Waals surface area (Å²) in [7, 11) is 0. The topological polar surface area (TPSA) is 37.3 Å². The molecule has 0 aliphatic carbocycles. The zero-order valence-corrected chi connectivity index (χ0v) is 14.7. The lowest BCUT2D eigenvalue weighted by Crippen LogP contribution is -2.03. The summed E-state index contributed by atoms with van der Waals surface area (Å²) in [6.45, 7) is 0. The number of aromatic carboxylic acids is 1. The number of hydrogen-bond acceptors (Lipinski definition) is 1. The van der Waals surface area contributed by atoms with Crippen molar-refractivity contribution in [1.29, 1.82) is 0 Å². The predicted molar refractivity (Wildman–Crippen MR) is 110 cm³/mol. The van der Waals surface area contributed by atoms with Crippen LogP contribution in [0.2, 0.25) is 0 Å². The first kappa shape index (κ1) is 16.8. The van der Waals surface area contributed by atoms with Gasteiger partial charge in [-0.15, -0.1) is 0 Å². The van der Waals surface area contributed by atoms with Gasteiger partial charge in [-0.3, -0.25) is 0 Å². The fourth-order valence-electron chi connectivity index (χ4n) is 3.45. The molecule has 0 aromatic heterocycles. The Morgan fingerprint density at radius 3 is 1.44 bits per heavy atom. The standard InChI is InChI=1S/C25H18O2/c26-25(27)22-17-16-21(18-10-4-1-5-11-18)23(19-12-6-2-7-13-19)24(22)20-14-8-3-9-15-20/h1-17H,(H,26,27). The molecule has 27 heavy (non-hydrogen) atoms. The first-order valence-electron chi connectivity index (χ1n) is 8.82. The van der Waals surface area contributed by atoms with E-state index in [9.17, 15) is 9.90 Å². The van der Waals surface area contributed by atoms with Gasteiger partial charge in [0.05, 0.1) is 5.56 Å². The van der Waals surface area contributed by atoms with Gasteiger partial charge in [-0.25, -0.2) is 4.79 Å². The second-order valence-corrected chi connectivity index (χ2v) is 6.31. The molecule has 0 aliphatic rings. The van der Waals surface area contributed by atoms with E-state index < -0.39 is 5.97 Å². The molecule has 0 heterocycles. The molecule has 0 amide bonds.